The van der Waals surface area contributed by atoms with Crippen molar-refractivity contribution < 1.29 is 4.74 Å². The predicted octanol–water partition coefficient (Wildman–Crippen LogP) is 3.60. The summed E-state index contributed by atoms with van der Waals surface area (Å²) in [6, 6.07) is 10.4. The van der Waals surface area contributed by atoms with Crippen LogP contribution in [-0.2, 0) is 17.9 Å². The molecule has 25 heavy (non-hydrogen) atoms. The van der Waals surface area contributed by atoms with Crippen molar-refractivity contribution in [3.05, 3.63) is 59.7 Å². The molecule has 1 saturated carbocycles. The van der Waals surface area contributed by atoms with E-state index in [1.54, 1.807) is 0 Å². The number of nitrogens with zero attached hydrogens (tertiary/aromatic N) is 3. The van der Waals surface area contributed by atoms with Gasteiger partial charge in [0.2, 0.25) is 0 Å². The van der Waals surface area contributed by atoms with Crippen molar-refractivity contribution in [2.75, 3.05) is 19.7 Å². The SMILES string of the molecule is Cc1cccc(CN2C[C@@H]3CCC[C@]3(COCc3ccncc3)C2)n1. The average Bonchev–Trinajstić information content (AvgIpc) is 3.12. The molecular formula is C21H27N3O. The van der Waals surface area contributed by atoms with Gasteiger partial charge in [0.25, 0.3) is 0 Å². The molecule has 2 atom stereocenters. The summed E-state index contributed by atoms with van der Waals surface area (Å²) >= 11 is 0. The first-order chi connectivity index (χ1) is 12.2. The van der Waals surface area contributed by atoms with E-state index in [4.69, 9.17) is 4.74 Å². The quantitative estimate of drug-likeness (QED) is 0.807. The Morgan fingerprint density at radius 3 is 2.96 bits per heavy atom. The van der Waals surface area contributed by atoms with Crippen LogP contribution in [0, 0.1) is 18.3 Å². The lowest BCUT2D eigenvalue weighted by Gasteiger charge is -2.29. The van der Waals surface area contributed by atoms with Crippen molar-refractivity contribution in [2.45, 2.75) is 39.3 Å². The third-order valence-corrected chi connectivity index (χ3v) is 5.85. The van der Waals surface area contributed by atoms with Crippen molar-refractivity contribution in [1.82, 2.24) is 14.9 Å². The molecule has 0 spiro atoms. The van der Waals surface area contributed by atoms with E-state index in [-0.39, 0.29) is 0 Å². The Bertz CT molecular complexity index is 705. The molecule has 0 unspecified atom stereocenters. The number of likely N-dealkylation sites (tertiary alicyclic amines) is 1. The highest BCUT2D eigenvalue weighted by Gasteiger charge is 2.49. The maximum atomic E-state index is 6.16. The fourth-order valence-corrected chi connectivity index (χ4v) is 4.65. The van der Waals surface area contributed by atoms with Crippen molar-refractivity contribution in [3.63, 3.8) is 0 Å². The normalized spacial score (nSPS) is 26.0. The van der Waals surface area contributed by atoms with Crippen LogP contribution in [0.3, 0.4) is 0 Å². The topological polar surface area (TPSA) is 38.2 Å². The third-order valence-electron chi connectivity index (χ3n) is 5.85. The predicted molar refractivity (Wildman–Crippen MR) is 97.9 cm³/mol. The Kier molecular flexibility index (Phi) is 4.82. The van der Waals surface area contributed by atoms with E-state index in [9.17, 15) is 0 Å². The first-order valence-corrected chi connectivity index (χ1v) is 9.35. The second-order valence-electron chi connectivity index (χ2n) is 7.74. The van der Waals surface area contributed by atoms with E-state index in [0.29, 0.717) is 12.0 Å². The Morgan fingerprint density at radius 2 is 2.12 bits per heavy atom. The van der Waals surface area contributed by atoms with Gasteiger partial charge in [-0.15, -0.1) is 0 Å². The highest BCUT2D eigenvalue weighted by molar-refractivity contribution is 5.11. The molecule has 0 aromatic carbocycles. The summed E-state index contributed by atoms with van der Waals surface area (Å²) in [6.45, 7) is 6.92. The summed E-state index contributed by atoms with van der Waals surface area (Å²) in [5.74, 6) is 0.773. The molecule has 4 rings (SSSR count). The Morgan fingerprint density at radius 1 is 1.24 bits per heavy atom. The zero-order valence-electron chi connectivity index (χ0n) is 15.0. The van der Waals surface area contributed by atoms with Gasteiger partial charge in [-0.3, -0.25) is 14.9 Å². The van der Waals surface area contributed by atoms with E-state index < -0.39 is 0 Å². The molecule has 1 aliphatic carbocycles. The van der Waals surface area contributed by atoms with Crippen LogP contribution in [0.1, 0.15) is 36.2 Å². The van der Waals surface area contributed by atoms with Crippen LogP contribution < -0.4 is 0 Å². The van der Waals surface area contributed by atoms with Gasteiger partial charge in [0.05, 0.1) is 18.9 Å². The second kappa shape index (κ2) is 7.22. The van der Waals surface area contributed by atoms with Gasteiger partial charge in [-0.2, -0.15) is 0 Å². The molecule has 0 amide bonds. The molecule has 2 fully saturated rings. The molecule has 1 saturated heterocycles. The molecule has 0 radical (unpaired) electrons. The maximum Gasteiger partial charge on any atom is 0.0718 e. The highest BCUT2D eigenvalue weighted by Crippen LogP contribution is 2.49. The fraction of sp³-hybridized carbons (Fsp3) is 0.524. The van der Waals surface area contributed by atoms with Crippen molar-refractivity contribution >= 4 is 0 Å². The van der Waals surface area contributed by atoms with Gasteiger partial charge in [-0.1, -0.05) is 12.5 Å². The zero-order valence-corrected chi connectivity index (χ0v) is 15.0. The van der Waals surface area contributed by atoms with Gasteiger partial charge >= 0.3 is 0 Å². The molecule has 4 heteroatoms. The van der Waals surface area contributed by atoms with Gasteiger partial charge in [0.1, 0.15) is 0 Å². The number of ether oxygens (including phenoxy) is 1. The number of fused-ring (bicyclic) bond motifs is 1. The highest BCUT2D eigenvalue weighted by atomic mass is 16.5. The van der Waals surface area contributed by atoms with Crippen molar-refractivity contribution in [2.24, 2.45) is 11.3 Å². The van der Waals surface area contributed by atoms with Gasteiger partial charge in [-0.25, -0.2) is 0 Å². The van der Waals surface area contributed by atoms with Crippen molar-refractivity contribution in [3.8, 4) is 0 Å². The number of aryl methyl sites for hydroxylation is 1. The number of rotatable bonds is 6. The fourth-order valence-electron chi connectivity index (χ4n) is 4.65. The van der Waals surface area contributed by atoms with Crippen molar-refractivity contribution in [1.29, 1.82) is 0 Å². The van der Waals surface area contributed by atoms with E-state index in [1.165, 1.54) is 37.1 Å². The minimum atomic E-state index is 0.344. The lowest BCUT2D eigenvalue weighted by molar-refractivity contribution is 0.0265. The number of pyridine rings is 2. The van der Waals surface area contributed by atoms with Gasteiger partial charge in [0, 0.05) is 43.1 Å². The summed E-state index contributed by atoms with van der Waals surface area (Å²) in [5, 5.41) is 0. The lowest BCUT2D eigenvalue weighted by Crippen LogP contribution is -2.32. The number of hydrogen-bond acceptors (Lipinski definition) is 4. The van der Waals surface area contributed by atoms with Crippen LogP contribution in [0.15, 0.2) is 42.7 Å². The molecule has 0 bridgehead atoms. The van der Waals surface area contributed by atoms with Crippen LogP contribution >= 0.6 is 0 Å². The third kappa shape index (κ3) is 3.75. The van der Waals surface area contributed by atoms with Crippen LogP contribution in [0.4, 0.5) is 0 Å². The van der Waals surface area contributed by atoms with Gasteiger partial charge < -0.3 is 4.74 Å². The number of aromatic nitrogens is 2. The van der Waals surface area contributed by atoms with E-state index >= 15 is 0 Å². The summed E-state index contributed by atoms with van der Waals surface area (Å²) in [4.78, 5) is 11.3. The zero-order chi connectivity index (χ0) is 17.1. The summed E-state index contributed by atoms with van der Waals surface area (Å²) in [5.41, 5.74) is 3.84. The Labute approximate surface area is 150 Å². The van der Waals surface area contributed by atoms with Crippen LogP contribution in [-0.4, -0.2) is 34.6 Å². The first kappa shape index (κ1) is 16.7. The molecule has 2 aliphatic rings. The Hall–Kier alpha value is -1.78. The smallest absolute Gasteiger partial charge is 0.0718 e. The van der Waals surface area contributed by atoms with Gasteiger partial charge in [0.15, 0.2) is 0 Å². The minimum absolute atomic E-state index is 0.344. The van der Waals surface area contributed by atoms with E-state index in [2.05, 4.69) is 40.0 Å². The van der Waals surface area contributed by atoms with Crippen LogP contribution in [0.25, 0.3) is 0 Å². The molecule has 132 valence electrons. The molecule has 2 aromatic heterocycles. The molecule has 2 aromatic rings. The summed E-state index contributed by atoms with van der Waals surface area (Å²) < 4.78 is 6.16. The van der Waals surface area contributed by atoms with Crippen LogP contribution in [0.5, 0.6) is 0 Å². The molecule has 3 heterocycles. The average molecular weight is 337 g/mol. The lowest BCUT2D eigenvalue weighted by atomic mass is 9.81. The standard InChI is InChI=1S/C21H27N3O/c1-17-4-2-6-20(23-17)13-24-12-19-5-3-9-21(19,15-24)16-25-14-18-7-10-22-11-8-18/h2,4,6-8,10-11,19H,3,5,9,12-16H2,1H3/t19-,21+/m0/s1. The number of hydrogen-bond donors (Lipinski definition) is 0. The first-order valence-electron chi connectivity index (χ1n) is 9.35. The molecule has 4 nitrogen and oxygen atoms in total. The van der Waals surface area contributed by atoms with Crippen LogP contribution in [0.2, 0.25) is 0 Å². The maximum absolute atomic E-state index is 6.16. The monoisotopic (exact) mass is 337 g/mol. The second-order valence-corrected chi connectivity index (χ2v) is 7.74. The summed E-state index contributed by atoms with van der Waals surface area (Å²) in [7, 11) is 0. The minimum Gasteiger partial charge on any atom is -0.376 e. The molecule has 1 aliphatic heterocycles. The molecule has 0 N–H and O–H groups in total. The van der Waals surface area contributed by atoms with E-state index in [0.717, 1.165) is 31.3 Å². The summed E-state index contributed by atoms with van der Waals surface area (Å²) in [6.07, 6.45) is 7.66. The van der Waals surface area contributed by atoms with E-state index in [1.807, 2.05) is 24.5 Å². The largest absolute Gasteiger partial charge is 0.376 e. The molecular weight excluding hydrogens is 310 g/mol. The Balaban J connectivity index is 1.37. The van der Waals surface area contributed by atoms with Gasteiger partial charge in [-0.05, 0) is 55.5 Å².